The topological polar surface area (TPSA) is 21.3 Å². The van der Waals surface area contributed by atoms with E-state index in [2.05, 4.69) is 23.7 Å². The van der Waals surface area contributed by atoms with Crippen LogP contribution in [0.5, 0.6) is 5.75 Å². The molecule has 0 saturated heterocycles. The van der Waals surface area contributed by atoms with Crippen molar-refractivity contribution in [3.8, 4) is 5.75 Å². The van der Waals surface area contributed by atoms with Gasteiger partial charge in [0.05, 0.1) is 7.11 Å². The van der Waals surface area contributed by atoms with E-state index in [1.807, 2.05) is 7.05 Å². The Labute approximate surface area is 116 Å². The summed E-state index contributed by atoms with van der Waals surface area (Å²) >= 11 is 1.79. The number of unbranched alkanes of at least 4 members (excludes halogenated alkanes) is 5. The molecule has 0 saturated carbocycles. The molecule has 0 spiro atoms. The third kappa shape index (κ3) is 5.40. The highest BCUT2D eigenvalue weighted by Gasteiger charge is 2.11. The van der Waals surface area contributed by atoms with E-state index < -0.39 is 0 Å². The summed E-state index contributed by atoms with van der Waals surface area (Å²) in [6.07, 6.45) is 9.40. The molecule has 104 valence electrons. The molecule has 0 aliphatic rings. The van der Waals surface area contributed by atoms with Crippen molar-refractivity contribution in [2.45, 2.75) is 57.9 Å². The lowest BCUT2D eigenvalue weighted by Gasteiger charge is -2.14. The number of hydrogen-bond acceptors (Lipinski definition) is 3. The van der Waals surface area contributed by atoms with Crippen LogP contribution < -0.4 is 10.1 Å². The first-order valence-corrected chi connectivity index (χ1v) is 7.99. The maximum Gasteiger partial charge on any atom is 0.129 e. The van der Waals surface area contributed by atoms with Gasteiger partial charge in [-0.2, -0.15) is 0 Å². The van der Waals surface area contributed by atoms with E-state index in [4.69, 9.17) is 4.74 Å². The first-order chi connectivity index (χ1) is 8.81. The van der Waals surface area contributed by atoms with Crippen LogP contribution in [-0.4, -0.2) is 14.2 Å². The number of rotatable bonds is 10. The lowest BCUT2D eigenvalue weighted by Crippen LogP contribution is -2.14. The van der Waals surface area contributed by atoms with Crippen LogP contribution in [0.25, 0.3) is 0 Å². The summed E-state index contributed by atoms with van der Waals surface area (Å²) in [6, 6.07) is 2.65. The van der Waals surface area contributed by atoms with Crippen molar-refractivity contribution in [2.75, 3.05) is 14.2 Å². The zero-order chi connectivity index (χ0) is 13.2. The molecule has 0 aliphatic heterocycles. The Balaban J connectivity index is 2.25. The minimum atomic E-state index is 0.491. The summed E-state index contributed by atoms with van der Waals surface area (Å²) in [5.74, 6) is 0.984. The summed E-state index contributed by atoms with van der Waals surface area (Å²) in [6.45, 7) is 2.27. The zero-order valence-electron chi connectivity index (χ0n) is 12.0. The van der Waals surface area contributed by atoms with Crippen molar-refractivity contribution in [3.63, 3.8) is 0 Å². The van der Waals surface area contributed by atoms with Crippen LogP contribution in [-0.2, 0) is 0 Å². The summed E-state index contributed by atoms with van der Waals surface area (Å²) in [5, 5.41) is 5.50. The summed E-state index contributed by atoms with van der Waals surface area (Å²) < 4.78 is 5.24. The Morgan fingerprint density at radius 2 is 1.94 bits per heavy atom. The minimum Gasteiger partial charge on any atom is -0.496 e. The van der Waals surface area contributed by atoms with Crippen LogP contribution in [0, 0.1) is 0 Å². The SMILES string of the molecule is CCCCCCCCC(NC)c1cc(OC)cs1. The van der Waals surface area contributed by atoms with Crippen LogP contribution >= 0.6 is 11.3 Å². The Bertz CT molecular complexity index is 311. The number of methoxy groups -OCH3 is 1. The van der Waals surface area contributed by atoms with Gasteiger partial charge in [0, 0.05) is 16.3 Å². The van der Waals surface area contributed by atoms with Crippen LogP contribution in [0.2, 0.25) is 0 Å². The fraction of sp³-hybridized carbons (Fsp3) is 0.733. The highest BCUT2D eigenvalue weighted by Crippen LogP contribution is 2.29. The van der Waals surface area contributed by atoms with Crippen molar-refractivity contribution in [1.29, 1.82) is 0 Å². The summed E-state index contributed by atoms with van der Waals surface area (Å²) in [7, 11) is 3.78. The van der Waals surface area contributed by atoms with Crippen molar-refractivity contribution >= 4 is 11.3 Å². The summed E-state index contributed by atoms with van der Waals surface area (Å²) in [4.78, 5) is 1.39. The lowest BCUT2D eigenvalue weighted by atomic mass is 10.0. The Kier molecular flexibility index (Phi) is 8.10. The van der Waals surface area contributed by atoms with Gasteiger partial charge in [0.15, 0.2) is 0 Å². The Morgan fingerprint density at radius 3 is 2.56 bits per heavy atom. The third-order valence-electron chi connectivity index (χ3n) is 3.37. The number of thiophene rings is 1. The lowest BCUT2D eigenvalue weighted by molar-refractivity contribution is 0.415. The second-order valence-corrected chi connectivity index (χ2v) is 5.73. The van der Waals surface area contributed by atoms with Crippen molar-refractivity contribution in [3.05, 3.63) is 16.3 Å². The first kappa shape index (κ1) is 15.5. The second-order valence-electron chi connectivity index (χ2n) is 4.79. The number of hydrogen-bond donors (Lipinski definition) is 1. The Morgan fingerprint density at radius 1 is 1.22 bits per heavy atom. The maximum atomic E-state index is 5.24. The molecule has 0 aromatic carbocycles. The smallest absolute Gasteiger partial charge is 0.129 e. The fourth-order valence-electron chi connectivity index (χ4n) is 2.18. The van der Waals surface area contributed by atoms with Crippen LogP contribution in [0.3, 0.4) is 0 Å². The van der Waals surface area contributed by atoms with E-state index in [0.29, 0.717) is 6.04 Å². The van der Waals surface area contributed by atoms with E-state index in [9.17, 15) is 0 Å². The number of nitrogens with one attached hydrogen (secondary N) is 1. The molecular weight excluding hydrogens is 242 g/mol. The van der Waals surface area contributed by atoms with Gasteiger partial charge in [-0.05, 0) is 19.5 Å². The maximum absolute atomic E-state index is 5.24. The molecule has 0 fully saturated rings. The molecule has 1 aromatic rings. The molecular formula is C15H27NOS. The average Bonchev–Trinajstić information content (AvgIpc) is 2.87. The van der Waals surface area contributed by atoms with E-state index >= 15 is 0 Å². The van der Waals surface area contributed by atoms with Gasteiger partial charge in [-0.1, -0.05) is 45.4 Å². The van der Waals surface area contributed by atoms with Gasteiger partial charge < -0.3 is 10.1 Å². The molecule has 3 heteroatoms. The first-order valence-electron chi connectivity index (χ1n) is 7.11. The van der Waals surface area contributed by atoms with Crippen LogP contribution in [0.4, 0.5) is 0 Å². The molecule has 1 N–H and O–H groups in total. The van der Waals surface area contributed by atoms with Gasteiger partial charge in [0.25, 0.3) is 0 Å². The molecule has 1 heterocycles. The molecule has 0 bridgehead atoms. The van der Waals surface area contributed by atoms with Crippen LogP contribution in [0.1, 0.15) is 62.8 Å². The molecule has 2 nitrogen and oxygen atoms in total. The van der Waals surface area contributed by atoms with E-state index in [1.54, 1.807) is 18.4 Å². The highest BCUT2D eigenvalue weighted by molar-refractivity contribution is 7.10. The minimum absolute atomic E-state index is 0.491. The molecule has 0 amide bonds. The third-order valence-corrected chi connectivity index (χ3v) is 4.39. The molecule has 0 aliphatic carbocycles. The molecule has 1 aromatic heterocycles. The highest BCUT2D eigenvalue weighted by atomic mass is 32.1. The monoisotopic (exact) mass is 269 g/mol. The summed E-state index contributed by atoms with van der Waals surface area (Å²) in [5.41, 5.74) is 0. The predicted molar refractivity (Wildman–Crippen MR) is 80.7 cm³/mol. The van der Waals surface area contributed by atoms with Gasteiger partial charge in [-0.25, -0.2) is 0 Å². The van der Waals surface area contributed by atoms with Gasteiger partial charge in [0.2, 0.25) is 0 Å². The molecule has 1 atom stereocenters. The zero-order valence-corrected chi connectivity index (χ0v) is 12.8. The molecule has 0 radical (unpaired) electrons. The van der Waals surface area contributed by atoms with E-state index in [0.717, 1.165) is 5.75 Å². The van der Waals surface area contributed by atoms with Gasteiger partial charge in [-0.3, -0.25) is 0 Å². The van der Waals surface area contributed by atoms with Crippen molar-refractivity contribution in [1.82, 2.24) is 5.32 Å². The van der Waals surface area contributed by atoms with Gasteiger partial charge in [-0.15, -0.1) is 11.3 Å². The largest absolute Gasteiger partial charge is 0.496 e. The molecule has 18 heavy (non-hydrogen) atoms. The fourth-order valence-corrected chi connectivity index (χ4v) is 3.18. The molecule has 1 rings (SSSR count). The predicted octanol–water partition coefficient (Wildman–Crippen LogP) is 4.77. The molecule has 1 unspecified atom stereocenters. The standard InChI is InChI=1S/C15H27NOS/c1-4-5-6-7-8-9-10-14(16-2)15-11-13(17-3)12-18-15/h11-12,14,16H,4-10H2,1-3H3. The van der Waals surface area contributed by atoms with Crippen molar-refractivity contribution < 1.29 is 4.74 Å². The van der Waals surface area contributed by atoms with Gasteiger partial charge >= 0.3 is 0 Å². The average molecular weight is 269 g/mol. The Hall–Kier alpha value is -0.540. The van der Waals surface area contributed by atoms with Crippen LogP contribution in [0.15, 0.2) is 11.4 Å². The van der Waals surface area contributed by atoms with E-state index in [1.165, 1.54) is 49.8 Å². The van der Waals surface area contributed by atoms with E-state index in [-0.39, 0.29) is 0 Å². The van der Waals surface area contributed by atoms with Gasteiger partial charge in [0.1, 0.15) is 5.75 Å². The quantitative estimate of drug-likeness (QED) is 0.618. The number of ether oxygens (including phenoxy) is 1. The normalized spacial score (nSPS) is 12.6. The second kappa shape index (κ2) is 9.40. The van der Waals surface area contributed by atoms with Crippen molar-refractivity contribution in [2.24, 2.45) is 0 Å².